The number of likely N-dealkylation sites (N-methyl/N-ethyl adjacent to an activating group) is 1. The number of nitrogens with one attached hydrogen (secondary N) is 1. The van der Waals surface area contributed by atoms with Crippen LogP contribution in [0.2, 0.25) is 0 Å². The Labute approximate surface area is 104 Å². The predicted molar refractivity (Wildman–Crippen MR) is 66.1 cm³/mol. The van der Waals surface area contributed by atoms with E-state index >= 15 is 0 Å². The third-order valence-electron chi connectivity index (χ3n) is 2.33. The smallest absolute Gasteiger partial charge is 0.246 e. The molecule has 2 aromatic rings. The molecule has 0 fully saturated rings. The maximum absolute atomic E-state index is 11.8. The first-order valence-electron chi connectivity index (χ1n) is 5.43. The van der Waals surface area contributed by atoms with Gasteiger partial charge in [0.05, 0.1) is 6.54 Å². The third kappa shape index (κ3) is 3.24. The van der Waals surface area contributed by atoms with E-state index in [2.05, 4.69) is 20.2 Å². The largest absolute Gasteiger partial charge is 0.335 e. The molecule has 0 bridgehead atoms. The lowest BCUT2D eigenvalue weighted by Gasteiger charge is -2.12. The summed E-state index contributed by atoms with van der Waals surface area (Å²) in [5, 5.41) is 6.44. The van der Waals surface area contributed by atoms with E-state index in [1.165, 1.54) is 12.4 Å². The van der Waals surface area contributed by atoms with Crippen molar-refractivity contribution in [1.29, 1.82) is 0 Å². The molecule has 0 aliphatic heterocycles. The summed E-state index contributed by atoms with van der Waals surface area (Å²) in [7, 11) is 1.71. The van der Waals surface area contributed by atoms with Gasteiger partial charge >= 0.3 is 0 Å². The Morgan fingerprint density at radius 1 is 1.56 bits per heavy atom. The van der Waals surface area contributed by atoms with Crippen molar-refractivity contribution in [1.82, 2.24) is 25.1 Å². The average molecular weight is 243 g/mol. The molecule has 0 atom stereocenters. The summed E-state index contributed by atoms with van der Waals surface area (Å²) < 4.78 is 0. The lowest BCUT2D eigenvalue weighted by atomic mass is 10.2. The number of aromatic nitrogens is 4. The zero-order chi connectivity index (χ0) is 12.8. The molecule has 18 heavy (non-hydrogen) atoms. The van der Waals surface area contributed by atoms with Gasteiger partial charge in [0.1, 0.15) is 12.2 Å². The summed E-state index contributed by atoms with van der Waals surface area (Å²) in [6.45, 7) is 0.399. The van der Waals surface area contributed by atoms with E-state index in [1.807, 2.05) is 12.1 Å². The van der Waals surface area contributed by atoms with Crippen LogP contribution >= 0.6 is 0 Å². The van der Waals surface area contributed by atoms with Gasteiger partial charge < -0.3 is 4.90 Å². The summed E-state index contributed by atoms with van der Waals surface area (Å²) in [4.78, 5) is 21.3. The second-order valence-corrected chi connectivity index (χ2v) is 3.75. The molecule has 2 aromatic heterocycles. The fourth-order valence-corrected chi connectivity index (χ4v) is 1.38. The molecule has 2 heterocycles. The number of amides is 1. The first-order valence-corrected chi connectivity index (χ1v) is 5.43. The summed E-state index contributed by atoms with van der Waals surface area (Å²) in [5.41, 5.74) is 0.888. The van der Waals surface area contributed by atoms with Crippen LogP contribution in [-0.4, -0.2) is 38.0 Å². The summed E-state index contributed by atoms with van der Waals surface area (Å²) in [6, 6.07) is 3.70. The van der Waals surface area contributed by atoms with E-state index in [0.717, 1.165) is 5.56 Å². The average Bonchev–Trinajstić information content (AvgIpc) is 2.90. The fourth-order valence-electron chi connectivity index (χ4n) is 1.38. The van der Waals surface area contributed by atoms with Crippen LogP contribution in [-0.2, 0) is 11.3 Å². The van der Waals surface area contributed by atoms with Gasteiger partial charge in [-0.05, 0) is 17.7 Å². The van der Waals surface area contributed by atoms with Gasteiger partial charge in [-0.3, -0.25) is 14.9 Å². The summed E-state index contributed by atoms with van der Waals surface area (Å²) in [5.74, 6) is 0.552. The van der Waals surface area contributed by atoms with Crippen molar-refractivity contribution in [3.8, 4) is 0 Å². The van der Waals surface area contributed by atoms with Crippen molar-refractivity contribution in [2.75, 3.05) is 7.05 Å². The van der Waals surface area contributed by atoms with E-state index in [1.54, 1.807) is 30.4 Å². The predicted octanol–water partition coefficient (Wildman–Crippen LogP) is 0.871. The number of carbonyl (C=O) groups excluding carboxylic acids is 1. The standard InChI is InChI=1S/C12H13N5O/c1-17(8-11-14-9-15-16-11)12(18)5-4-10-3-2-6-13-7-10/h2-7,9H,8H2,1H3,(H,14,15,16). The van der Waals surface area contributed by atoms with E-state index < -0.39 is 0 Å². The van der Waals surface area contributed by atoms with E-state index in [4.69, 9.17) is 0 Å². The Hall–Kier alpha value is -2.50. The molecule has 6 heteroatoms. The van der Waals surface area contributed by atoms with Crippen molar-refractivity contribution < 1.29 is 4.79 Å². The Balaban J connectivity index is 1.93. The first kappa shape index (κ1) is 12.0. The summed E-state index contributed by atoms with van der Waals surface area (Å²) in [6.07, 6.45) is 8.04. The fraction of sp³-hybridized carbons (Fsp3) is 0.167. The van der Waals surface area contributed by atoms with E-state index in [9.17, 15) is 4.79 Å². The number of aromatic amines is 1. The molecule has 2 rings (SSSR count). The van der Waals surface area contributed by atoms with Gasteiger partial charge in [0.25, 0.3) is 0 Å². The Morgan fingerprint density at radius 2 is 2.44 bits per heavy atom. The Bertz CT molecular complexity index is 521. The topological polar surface area (TPSA) is 74.8 Å². The highest BCUT2D eigenvalue weighted by molar-refractivity contribution is 5.91. The normalized spacial score (nSPS) is 10.7. The molecule has 1 amide bonds. The monoisotopic (exact) mass is 243 g/mol. The lowest BCUT2D eigenvalue weighted by Crippen LogP contribution is -2.24. The van der Waals surface area contributed by atoms with Crippen molar-refractivity contribution >= 4 is 12.0 Å². The van der Waals surface area contributed by atoms with Crippen LogP contribution in [0.1, 0.15) is 11.4 Å². The molecule has 0 radical (unpaired) electrons. The van der Waals surface area contributed by atoms with Crippen LogP contribution < -0.4 is 0 Å². The number of hydrogen-bond acceptors (Lipinski definition) is 4. The van der Waals surface area contributed by atoms with Gasteiger partial charge in [0, 0.05) is 25.5 Å². The van der Waals surface area contributed by atoms with Crippen LogP contribution in [0, 0.1) is 0 Å². The lowest BCUT2D eigenvalue weighted by molar-refractivity contribution is -0.125. The molecule has 1 N–H and O–H groups in total. The highest BCUT2D eigenvalue weighted by Gasteiger charge is 2.07. The van der Waals surface area contributed by atoms with Crippen molar-refractivity contribution in [3.63, 3.8) is 0 Å². The molecule has 0 aromatic carbocycles. The second kappa shape index (κ2) is 5.72. The Morgan fingerprint density at radius 3 is 3.11 bits per heavy atom. The van der Waals surface area contributed by atoms with Gasteiger partial charge in [-0.1, -0.05) is 6.07 Å². The van der Waals surface area contributed by atoms with Crippen LogP contribution in [0.5, 0.6) is 0 Å². The zero-order valence-corrected chi connectivity index (χ0v) is 9.95. The number of nitrogens with zero attached hydrogens (tertiary/aromatic N) is 4. The minimum absolute atomic E-state index is 0.102. The van der Waals surface area contributed by atoms with Crippen molar-refractivity contribution in [2.45, 2.75) is 6.54 Å². The third-order valence-corrected chi connectivity index (χ3v) is 2.33. The zero-order valence-electron chi connectivity index (χ0n) is 9.95. The van der Waals surface area contributed by atoms with Crippen molar-refractivity contribution in [3.05, 3.63) is 48.3 Å². The van der Waals surface area contributed by atoms with Gasteiger partial charge in [-0.2, -0.15) is 5.10 Å². The maximum atomic E-state index is 11.8. The molecular weight excluding hydrogens is 230 g/mol. The van der Waals surface area contributed by atoms with Gasteiger partial charge in [0.15, 0.2) is 0 Å². The highest BCUT2D eigenvalue weighted by atomic mass is 16.2. The SMILES string of the molecule is CN(Cc1ncn[nH]1)C(=O)C=Cc1cccnc1. The molecule has 0 saturated heterocycles. The number of hydrogen-bond donors (Lipinski definition) is 1. The molecule has 0 unspecified atom stereocenters. The van der Waals surface area contributed by atoms with Crippen LogP contribution in [0.4, 0.5) is 0 Å². The van der Waals surface area contributed by atoms with Crippen LogP contribution in [0.3, 0.4) is 0 Å². The Kier molecular flexibility index (Phi) is 3.80. The minimum Gasteiger partial charge on any atom is -0.335 e. The van der Waals surface area contributed by atoms with Crippen molar-refractivity contribution in [2.24, 2.45) is 0 Å². The van der Waals surface area contributed by atoms with E-state index in [0.29, 0.717) is 12.4 Å². The number of rotatable bonds is 4. The molecule has 0 spiro atoms. The van der Waals surface area contributed by atoms with Gasteiger partial charge in [-0.25, -0.2) is 4.98 Å². The second-order valence-electron chi connectivity index (χ2n) is 3.75. The molecule has 0 aliphatic rings. The number of carbonyl (C=O) groups is 1. The van der Waals surface area contributed by atoms with E-state index in [-0.39, 0.29) is 5.91 Å². The van der Waals surface area contributed by atoms with Gasteiger partial charge in [-0.15, -0.1) is 0 Å². The molecule has 6 nitrogen and oxygen atoms in total. The molecule has 0 aliphatic carbocycles. The van der Waals surface area contributed by atoms with Crippen LogP contribution in [0.25, 0.3) is 6.08 Å². The molecule has 0 saturated carbocycles. The molecular formula is C12H13N5O. The first-order chi connectivity index (χ1) is 8.75. The highest BCUT2D eigenvalue weighted by Crippen LogP contribution is 2.01. The number of pyridine rings is 1. The maximum Gasteiger partial charge on any atom is 0.246 e. The molecule has 92 valence electrons. The summed E-state index contributed by atoms with van der Waals surface area (Å²) >= 11 is 0. The minimum atomic E-state index is -0.102. The number of H-pyrrole nitrogens is 1. The quantitative estimate of drug-likeness (QED) is 0.808. The van der Waals surface area contributed by atoms with Gasteiger partial charge in [0.2, 0.25) is 5.91 Å². The van der Waals surface area contributed by atoms with Crippen LogP contribution in [0.15, 0.2) is 36.9 Å².